The first kappa shape index (κ1) is 6.64. The normalized spacial score (nSPS) is 11.0. The van der Waals surface area contributed by atoms with Gasteiger partial charge >= 0.3 is 0 Å². The van der Waals surface area contributed by atoms with E-state index in [1.807, 2.05) is 0 Å². The predicted octanol–water partition coefficient (Wildman–Crippen LogP) is 0.316. The van der Waals surface area contributed by atoms with Gasteiger partial charge in [0.1, 0.15) is 0 Å². The van der Waals surface area contributed by atoms with E-state index in [0.717, 1.165) is 0 Å². The second kappa shape index (κ2) is 5.64. The summed E-state index contributed by atoms with van der Waals surface area (Å²) in [7, 11) is -0.170. The topological polar surface area (TPSA) is 32.3 Å². The fourth-order valence-corrected chi connectivity index (χ4v) is 0.593. The van der Waals surface area contributed by atoms with Gasteiger partial charge in [0.05, 0.1) is 8.96 Å². The van der Waals surface area contributed by atoms with Gasteiger partial charge in [0, 0.05) is 12.4 Å². The summed E-state index contributed by atoms with van der Waals surface area (Å²) in [6, 6.07) is 0. The Morgan fingerprint density at radius 1 is 1.83 bits per heavy atom. The highest BCUT2D eigenvalue weighted by Crippen LogP contribution is 1.88. The molecule has 0 aromatic heterocycles. The standard InChI is InChI=1S/C2H7ClNOP/c3-1-2-4-6-5/h4-6H,1-2H2. The summed E-state index contributed by atoms with van der Waals surface area (Å²) in [6.45, 7) is 0.691. The summed E-state index contributed by atoms with van der Waals surface area (Å²) in [5, 5.41) is 2.65. The van der Waals surface area contributed by atoms with E-state index < -0.39 is 0 Å². The Balaban J connectivity index is 2.34. The number of hydrogen-bond donors (Lipinski definition) is 2. The van der Waals surface area contributed by atoms with Gasteiger partial charge in [-0.05, 0) is 0 Å². The van der Waals surface area contributed by atoms with Crippen LogP contribution in [0.5, 0.6) is 0 Å². The molecule has 2 N–H and O–H groups in total. The van der Waals surface area contributed by atoms with Gasteiger partial charge in [-0.1, -0.05) is 0 Å². The molecule has 0 spiro atoms. The average Bonchev–Trinajstić information content (AvgIpc) is 1.61. The number of halogens is 1. The number of hydrogen-bond acceptors (Lipinski definition) is 2. The third-order valence-electron chi connectivity index (χ3n) is 0.299. The number of nitrogens with one attached hydrogen (secondary N) is 1. The lowest BCUT2D eigenvalue weighted by molar-refractivity contribution is 0.632. The maximum absolute atomic E-state index is 8.06. The molecule has 0 aliphatic rings. The van der Waals surface area contributed by atoms with Crippen molar-refractivity contribution >= 4 is 20.6 Å². The van der Waals surface area contributed by atoms with Gasteiger partial charge in [-0.25, -0.2) is 0 Å². The molecule has 4 heteroatoms. The number of alkyl halides is 1. The van der Waals surface area contributed by atoms with Crippen molar-refractivity contribution in [1.29, 1.82) is 0 Å². The zero-order valence-corrected chi connectivity index (χ0v) is 5.00. The summed E-state index contributed by atoms with van der Waals surface area (Å²) in [6.07, 6.45) is 0. The van der Waals surface area contributed by atoms with Gasteiger partial charge < -0.3 is 4.89 Å². The van der Waals surface area contributed by atoms with Crippen molar-refractivity contribution in [3.05, 3.63) is 0 Å². The Hall–Kier alpha value is 0.640. The second-order valence-corrected chi connectivity index (χ2v) is 1.68. The van der Waals surface area contributed by atoms with Crippen LogP contribution in [0, 0.1) is 0 Å². The van der Waals surface area contributed by atoms with Crippen molar-refractivity contribution < 1.29 is 4.89 Å². The van der Waals surface area contributed by atoms with Crippen LogP contribution in [0.3, 0.4) is 0 Å². The van der Waals surface area contributed by atoms with E-state index >= 15 is 0 Å². The second-order valence-electron chi connectivity index (χ2n) is 0.728. The van der Waals surface area contributed by atoms with Gasteiger partial charge in [0.25, 0.3) is 0 Å². The molecule has 0 radical (unpaired) electrons. The van der Waals surface area contributed by atoms with Crippen LogP contribution in [-0.2, 0) is 0 Å². The molecule has 0 heterocycles. The van der Waals surface area contributed by atoms with Crippen molar-refractivity contribution in [3.8, 4) is 0 Å². The van der Waals surface area contributed by atoms with Crippen LogP contribution >= 0.6 is 20.6 Å². The third-order valence-corrected chi connectivity index (χ3v) is 0.896. The van der Waals surface area contributed by atoms with Crippen LogP contribution in [0.25, 0.3) is 0 Å². The first-order chi connectivity index (χ1) is 2.91. The van der Waals surface area contributed by atoms with E-state index in [2.05, 4.69) is 5.09 Å². The molecule has 0 rings (SSSR count). The maximum atomic E-state index is 8.06. The molecule has 0 amide bonds. The third kappa shape index (κ3) is 4.64. The SMILES string of the molecule is OPNCCCl. The first-order valence-corrected chi connectivity index (χ1v) is 3.08. The summed E-state index contributed by atoms with van der Waals surface area (Å²) < 4.78 is 0. The molecular weight excluding hydrogens is 120 g/mol. The average molecular weight is 128 g/mol. The molecule has 38 valence electrons. The lowest BCUT2D eigenvalue weighted by Crippen LogP contribution is -2.02. The molecule has 0 saturated heterocycles. The molecule has 0 aromatic carbocycles. The fraction of sp³-hybridized carbons (Fsp3) is 1.00. The highest BCUT2D eigenvalue weighted by atomic mass is 35.5. The van der Waals surface area contributed by atoms with E-state index in [4.69, 9.17) is 16.5 Å². The van der Waals surface area contributed by atoms with Crippen molar-refractivity contribution in [3.63, 3.8) is 0 Å². The van der Waals surface area contributed by atoms with Crippen LogP contribution in [0.15, 0.2) is 0 Å². The molecule has 0 saturated carbocycles. The molecule has 2 nitrogen and oxygen atoms in total. The summed E-state index contributed by atoms with van der Waals surface area (Å²) >= 11 is 5.21. The highest BCUT2D eigenvalue weighted by Gasteiger charge is 1.74. The molecule has 0 aromatic rings. The van der Waals surface area contributed by atoms with Gasteiger partial charge in [-0.15, -0.1) is 11.6 Å². The quantitative estimate of drug-likeness (QED) is 0.325. The molecule has 0 aliphatic heterocycles. The van der Waals surface area contributed by atoms with Crippen LogP contribution < -0.4 is 5.09 Å². The Bertz CT molecular complexity index is 25.5. The zero-order chi connectivity index (χ0) is 4.83. The summed E-state index contributed by atoms with van der Waals surface area (Å²) in [5.74, 6) is 0.563. The lowest BCUT2D eigenvalue weighted by Gasteiger charge is -1.89. The summed E-state index contributed by atoms with van der Waals surface area (Å²) in [5.41, 5.74) is 0. The Morgan fingerprint density at radius 2 is 2.50 bits per heavy atom. The van der Waals surface area contributed by atoms with Crippen LogP contribution in [-0.4, -0.2) is 17.3 Å². The van der Waals surface area contributed by atoms with Crippen molar-refractivity contribution in [2.75, 3.05) is 12.4 Å². The Labute approximate surface area is 43.8 Å². The zero-order valence-electron chi connectivity index (χ0n) is 3.24. The summed E-state index contributed by atoms with van der Waals surface area (Å²) in [4.78, 5) is 8.06. The molecule has 6 heavy (non-hydrogen) atoms. The van der Waals surface area contributed by atoms with Gasteiger partial charge in [0.15, 0.2) is 0 Å². The minimum atomic E-state index is -0.170. The van der Waals surface area contributed by atoms with E-state index in [-0.39, 0.29) is 8.96 Å². The van der Waals surface area contributed by atoms with Crippen molar-refractivity contribution in [2.24, 2.45) is 0 Å². The van der Waals surface area contributed by atoms with Crippen molar-refractivity contribution in [1.82, 2.24) is 5.09 Å². The van der Waals surface area contributed by atoms with E-state index in [0.29, 0.717) is 12.4 Å². The Kier molecular flexibility index (Phi) is 6.24. The van der Waals surface area contributed by atoms with Gasteiger partial charge in [0.2, 0.25) is 0 Å². The van der Waals surface area contributed by atoms with Gasteiger partial charge in [-0.2, -0.15) is 0 Å². The minimum Gasteiger partial charge on any atom is -0.361 e. The fourth-order valence-electron chi connectivity index (χ4n) is 0.103. The van der Waals surface area contributed by atoms with E-state index in [9.17, 15) is 0 Å². The largest absolute Gasteiger partial charge is 0.361 e. The molecule has 1 unspecified atom stereocenters. The smallest absolute Gasteiger partial charge is 0.0825 e. The van der Waals surface area contributed by atoms with E-state index in [1.54, 1.807) is 0 Å². The molecule has 0 aliphatic carbocycles. The van der Waals surface area contributed by atoms with E-state index in [1.165, 1.54) is 0 Å². The predicted molar refractivity (Wildman–Crippen MR) is 29.3 cm³/mol. The highest BCUT2D eigenvalue weighted by molar-refractivity contribution is 7.28. The molecule has 0 bridgehead atoms. The lowest BCUT2D eigenvalue weighted by atomic mass is 10.8. The van der Waals surface area contributed by atoms with Crippen molar-refractivity contribution in [2.45, 2.75) is 0 Å². The monoisotopic (exact) mass is 127 g/mol. The molecular formula is C2H7ClNOP. The van der Waals surface area contributed by atoms with Crippen LogP contribution in [0.2, 0.25) is 0 Å². The minimum absolute atomic E-state index is 0.170. The Morgan fingerprint density at radius 3 is 2.67 bits per heavy atom. The maximum Gasteiger partial charge on any atom is 0.0825 e. The molecule has 1 atom stereocenters. The molecule has 0 fully saturated rings. The van der Waals surface area contributed by atoms with Crippen LogP contribution in [0.4, 0.5) is 0 Å². The first-order valence-electron chi connectivity index (χ1n) is 1.59. The number of rotatable bonds is 3. The van der Waals surface area contributed by atoms with Crippen LogP contribution in [0.1, 0.15) is 0 Å². The van der Waals surface area contributed by atoms with Gasteiger partial charge in [-0.3, -0.25) is 5.09 Å².